The summed E-state index contributed by atoms with van der Waals surface area (Å²) in [5, 5.41) is 1.16. The van der Waals surface area contributed by atoms with Crippen LogP contribution >= 0.6 is 0 Å². The average molecular weight is 263 g/mol. The second-order valence-corrected chi connectivity index (χ2v) is 5.05. The number of aromatic nitrogens is 1. The smallest absolute Gasteiger partial charge is 0.130 e. The highest BCUT2D eigenvalue weighted by molar-refractivity contribution is 5.78. The Morgan fingerprint density at radius 3 is 2.70 bits per heavy atom. The quantitative estimate of drug-likeness (QED) is 0.697. The number of hydrogen-bond acceptors (Lipinski definition) is 2. The Labute approximate surface area is 119 Å². The number of fused-ring (bicyclic) bond motifs is 1. The number of benzene rings is 2. The third kappa shape index (κ3) is 2.64. The van der Waals surface area contributed by atoms with Gasteiger partial charge < -0.3 is 4.74 Å². The lowest BCUT2D eigenvalue weighted by molar-refractivity contribution is 0.299. The third-order valence-corrected chi connectivity index (χ3v) is 3.38. The number of pyridine rings is 1. The van der Waals surface area contributed by atoms with Gasteiger partial charge in [-0.15, -0.1) is 0 Å². The van der Waals surface area contributed by atoms with E-state index in [1.165, 1.54) is 5.56 Å². The van der Waals surface area contributed by atoms with Gasteiger partial charge in [0.05, 0.1) is 11.2 Å². The zero-order chi connectivity index (χ0) is 13.9. The van der Waals surface area contributed by atoms with Crippen molar-refractivity contribution in [3.05, 3.63) is 71.4 Å². The van der Waals surface area contributed by atoms with Crippen LogP contribution in [0.4, 0.5) is 0 Å². The number of ether oxygens (including phenoxy) is 1. The minimum absolute atomic E-state index is 0.495. The molecule has 3 rings (SSSR count). The van der Waals surface area contributed by atoms with Gasteiger partial charge in [-0.3, -0.25) is 0 Å². The largest absolute Gasteiger partial charge is 0.487 e. The molecule has 0 amide bonds. The van der Waals surface area contributed by atoms with Crippen LogP contribution in [0, 0.1) is 13.8 Å². The molecule has 2 nitrogen and oxygen atoms in total. The molecule has 0 radical (unpaired) electrons. The summed E-state index contributed by atoms with van der Waals surface area (Å²) in [7, 11) is 0. The summed E-state index contributed by atoms with van der Waals surface area (Å²) in [6, 6.07) is 18.5. The van der Waals surface area contributed by atoms with Crippen LogP contribution in [-0.2, 0) is 6.61 Å². The van der Waals surface area contributed by atoms with Crippen molar-refractivity contribution in [3.63, 3.8) is 0 Å². The van der Waals surface area contributed by atoms with Gasteiger partial charge in [0.15, 0.2) is 0 Å². The summed E-state index contributed by atoms with van der Waals surface area (Å²) < 4.78 is 5.89. The molecular weight excluding hydrogens is 246 g/mol. The molecule has 0 saturated heterocycles. The number of hydrogen-bond donors (Lipinski definition) is 0. The molecule has 0 fully saturated rings. The second kappa shape index (κ2) is 5.33. The molecule has 1 aromatic heterocycles. The van der Waals surface area contributed by atoms with E-state index in [4.69, 9.17) is 4.74 Å². The zero-order valence-electron chi connectivity index (χ0n) is 11.8. The summed E-state index contributed by atoms with van der Waals surface area (Å²) in [5.74, 6) is 0.931. The lowest BCUT2D eigenvalue weighted by atomic mass is 10.1. The lowest BCUT2D eigenvalue weighted by Gasteiger charge is -2.10. The van der Waals surface area contributed by atoms with Gasteiger partial charge in [0.2, 0.25) is 0 Å². The first-order valence-corrected chi connectivity index (χ1v) is 6.77. The molecule has 0 unspecified atom stereocenters. The molecule has 100 valence electrons. The van der Waals surface area contributed by atoms with Crippen molar-refractivity contribution >= 4 is 10.9 Å². The van der Waals surface area contributed by atoms with E-state index in [2.05, 4.69) is 49.2 Å². The Balaban J connectivity index is 1.81. The fourth-order valence-electron chi connectivity index (χ4n) is 2.20. The van der Waals surface area contributed by atoms with Crippen molar-refractivity contribution in [2.24, 2.45) is 0 Å². The van der Waals surface area contributed by atoms with E-state index < -0.39 is 0 Å². The average Bonchev–Trinajstić information content (AvgIpc) is 2.48. The van der Waals surface area contributed by atoms with Crippen LogP contribution in [0.15, 0.2) is 54.6 Å². The van der Waals surface area contributed by atoms with E-state index >= 15 is 0 Å². The van der Waals surface area contributed by atoms with Gasteiger partial charge in [-0.05, 0) is 43.2 Å². The molecule has 0 spiro atoms. The van der Waals surface area contributed by atoms with E-state index in [1.807, 2.05) is 24.3 Å². The highest BCUT2D eigenvalue weighted by Crippen LogP contribution is 2.20. The molecule has 1 heterocycles. The number of para-hydroxylation sites is 1. The molecule has 0 bridgehead atoms. The first-order valence-electron chi connectivity index (χ1n) is 6.77. The van der Waals surface area contributed by atoms with Crippen LogP contribution in [0.25, 0.3) is 10.9 Å². The van der Waals surface area contributed by atoms with Crippen LogP contribution in [0.1, 0.15) is 16.8 Å². The van der Waals surface area contributed by atoms with Gasteiger partial charge in [0.25, 0.3) is 0 Å². The van der Waals surface area contributed by atoms with Crippen molar-refractivity contribution in [2.75, 3.05) is 0 Å². The van der Waals surface area contributed by atoms with Crippen molar-refractivity contribution in [2.45, 2.75) is 20.5 Å². The maximum atomic E-state index is 5.89. The van der Waals surface area contributed by atoms with Crippen LogP contribution < -0.4 is 4.74 Å². The second-order valence-electron chi connectivity index (χ2n) is 5.05. The zero-order valence-corrected chi connectivity index (χ0v) is 11.8. The molecule has 0 atom stereocenters. The molecule has 0 aliphatic rings. The van der Waals surface area contributed by atoms with E-state index in [1.54, 1.807) is 0 Å². The summed E-state index contributed by atoms with van der Waals surface area (Å²) in [4.78, 5) is 4.62. The fourth-order valence-corrected chi connectivity index (χ4v) is 2.20. The highest BCUT2D eigenvalue weighted by atomic mass is 16.5. The molecule has 0 aliphatic carbocycles. The number of aryl methyl sites for hydroxylation is 2. The van der Waals surface area contributed by atoms with Crippen molar-refractivity contribution in [3.8, 4) is 5.75 Å². The predicted octanol–water partition coefficient (Wildman–Crippen LogP) is 4.43. The van der Waals surface area contributed by atoms with Crippen molar-refractivity contribution in [1.82, 2.24) is 4.98 Å². The van der Waals surface area contributed by atoms with Crippen LogP contribution in [0.2, 0.25) is 0 Å². The maximum absolute atomic E-state index is 5.89. The van der Waals surface area contributed by atoms with Crippen molar-refractivity contribution < 1.29 is 4.74 Å². The Bertz CT molecular complexity index is 749. The Kier molecular flexibility index (Phi) is 3.38. The Hall–Kier alpha value is -2.35. The Morgan fingerprint density at radius 1 is 0.950 bits per heavy atom. The first kappa shape index (κ1) is 12.7. The third-order valence-electron chi connectivity index (χ3n) is 3.38. The molecule has 3 aromatic rings. The molecule has 2 aromatic carbocycles. The van der Waals surface area contributed by atoms with Crippen LogP contribution in [0.3, 0.4) is 0 Å². The van der Waals surface area contributed by atoms with E-state index in [9.17, 15) is 0 Å². The fraction of sp³-hybridized carbons (Fsp3) is 0.167. The summed E-state index contributed by atoms with van der Waals surface area (Å²) in [6.45, 7) is 4.62. The normalized spacial score (nSPS) is 10.7. The molecule has 20 heavy (non-hydrogen) atoms. The SMILES string of the molecule is Cc1ccc(C)c(OCc2ccc3ccccc3n2)c1. The Morgan fingerprint density at radius 2 is 1.80 bits per heavy atom. The topological polar surface area (TPSA) is 22.1 Å². The molecule has 0 saturated carbocycles. The summed E-state index contributed by atoms with van der Waals surface area (Å²) in [5.41, 5.74) is 4.31. The molecule has 0 N–H and O–H groups in total. The predicted molar refractivity (Wildman–Crippen MR) is 82.0 cm³/mol. The monoisotopic (exact) mass is 263 g/mol. The van der Waals surface area contributed by atoms with Gasteiger partial charge in [-0.1, -0.05) is 36.4 Å². The van der Waals surface area contributed by atoms with E-state index in [0.717, 1.165) is 27.9 Å². The van der Waals surface area contributed by atoms with Crippen molar-refractivity contribution in [1.29, 1.82) is 0 Å². The van der Waals surface area contributed by atoms with Gasteiger partial charge in [-0.2, -0.15) is 0 Å². The number of nitrogens with zero attached hydrogens (tertiary/aromatic N) is 1. The number of rotatable bonds is 3. The minimum atomic E-state index is 0.495. The highest BCUT2D eigenvalue weighted by Gasteiger charge is 2.02. The standard InChI is InChI=1S/C18H17NO/c1-13-7-8-14(2)18(11-13)20-12-16-10-9-15-5-3-4-6-17(15)19-16/h3-11H,12H2,1-2H3. The summed E-state index contributed by atoms with van der Waals surface area (Å²) in [6.07, 6.45) is 0. The van der Waals surface area contributed by atoms with E-state index in [0.29, 0.717) is 6.61 Å². The van der Waals surface area contributed by atoms with Gasteiger partial charge in [-0.25, -0.2) is 4.98 Å². The molecular formula is C18H17NO. The lowest BCUT2D eigenvalue weighted by Crippen LogP contribution is -1.99. The van der Waals surface area contributed by atoms with Crippen LogP contribution in [-0.4, -0.2) is 4.98 Å². The minimum Gasteiger partial charge on any atom is -0.487 e. The molecule has 0 aliphatic heterocycles. The molecule has 2 heteroatoms. The van der Waals surface area contributed by atoms with Gasteiger partial charge in [0, 0.05) is 5.39 Å². The summed E-state index contributed by atoms with van der Waals surface area (Å²) >= 11 is 0. The van der Waals surface area contributed by atoms with E-state index in [-0.39, 0.29) is 0 Å². The van der Waals surface area contributed by atoms with Gasteiger partial charge >= 0.3 is 0 Å². The van der Waals surface area contributed by atoms with Crippen LogP contribution in [0.5, 0.6) is 5.75 Å². The first-order chi connectivity index (χ1) is 9.72. The van der Waals surface area contributed by atoms with Gasteiger partial charge in [0.1, 0.15) is 12.4 Å². The maximum Gasteiger partial charge on any atom is 0.130 e.